The number of halogens is 2. The zero-order chi connectivity index (χ0) is 12.3. The first-order valence-electron chi connectivity index (χ1n) is 4.69. The van der Waals surface area contributed by atoms with Crippen LogP contribution in [0.25, 0.3) is 0 Å². The first kappa shape index (κ1) is 15.6. The van der Waals surface area contributed by atoms with Gasteiger partial charge in [0.25, 0.3) is 0 Å². The minimum atomic E-state index is -1.33. The van der Waals surface area contributed by atoms with E-state index in [2.05, 4.69) is 0 Å². The molecule has 0 amide bonds. The standard InChI is InChI=1S/C10H13FN2O3.ClH/c11-6-2-1-5(10(15)16)9(14)8(6)7(13)3-4-12;/h1-2,7,14H,3-4,12-13H2,(H,15,16);1H/t7-;/m1./s1. The van der Waals surface area contributed by atoms with E-state index in [0.29, 0.717) is 0 Å². The summed E-state index contributed by atoms with van der Waals surface area (Å²) in [5, 5.41) is 18.3. The number of phenols is 1. The van der Waals surface area contributed by atoms with Crippen LogP contribution in [0.1, 0.15) is 28.4 Å². The molecule has 7 heteroatoms. The van der Waals surface area contributed by atoms with E-state index in [-0.39, 0.29) is 36.5 Å². The molecule has 0 saturated heterocycles. The van der Waals surface area contributed by atoms with Gasteiger partial charge in [0.2, 0.25) is 0 Å². The molecule has 5 nitrogen and oxygen atoms in total. The van der Waals surface area contributed by atoms with Gasteiger partial charge in [-0.05, 0) is 25.1 Å². The third-order valence-electron chi connectivity index (χ3n) is 2.24. The number of hydrogen-bond acceptors (Lipinski definition) is 4. The summed E-state index contributed by atoms with van der Waals surface area (Å²) in [4.78, 5) is 10.7. The van der Waals surface area contributed by atoms with Crippen molar-refractivity contribution in [3.8, 4) is 5.75 Å². The SMILES string of the molecule is Cl.NCC[C@@H](N)c1c(F)ccc(C(=O)O)c1O. The van der Waals surface area contributed by atoms with Crippen molar-refractivity contribution < 1.29 is 19.4 Å². The van der Waals surface area contributed by atoms with E-state index in [4.69, 9.17) is 16.6 Å². The average molecular weight is 265 g/mol. The predicted molar refractivity (Wildman–Crippen MR) is 62.9 cm³/mol. The van der Waals surface area contributed by atoms with Crippen LogP contribution < -0.4 is 11.5 Å². The van der Waals surface area contributed by atoms with Gasteiger partial charge in [-0.2, -0.15) is 0 Å². The zero-order valence-corrected chi connectivity index (χ0v) is 9.71. The number of aromatic hydroxyl groups is 1. The van der Waals surface area contributed by atoms with Crippen molar-refractivity contribution in [2.24, 2.45) is 11.5 Å². The first-order chi connectivity index (χ1) is 7.49. The summed E-state index contributed by atoms with van der Waals surface area (Å²) in [7, 11) is 0. The van der Waals surface area contributed by atoms with Gasteiger partial charge in [-0.15, -0.1) is 12.4 Å². The van der Waals surface area contributed by atoms with Crippen LogP contribution >= 0.6 is 12.4 Å². The summed E-state index contributed by atoms with van der Waals surface area (Å²) in [6.45, 7) is 0.220. The third-order valence-corrected chi connectivity index (χ3v) is 2.24. The molecule has 0 unspecified atom stereocenters. The van der Waals surface area contributed by atoms with Crippen LogP contribution in [-0.4, -0.2) is 22.7 Å². The number of hydrogen-bond donors (Lipinski definition) is 4. The van der Waals surface area contributed by atoms with Crippen molar-refractivity contribution >= 4 is 18.4 Å². The Hall–Kier alpha value is -1.37. The summed E-state index contributed by atoms with van der Waals surface area (Å²) in [6.07, 6.45) is 0.257. The zero-order valence-electron chi connectivity index (χ0n) is 8.89. The number of carboxylic acids is 1. The fourth-order valence-electron chi connectivity index (χ4n) is 1.43. The normalized spacial score (nSPS) is 11.7. The maximum atomic E-state index is 13.4. The van der Waals surface area contributed by atoms with Crippen LogP contribution in [0.4, 0.5) is 4.39 Å². The number of aromatic carboxylic acids is 1. The lowest BCUT2D eigenvalue weighted by Gasteiger charge is -2.14. The van der Waals surface area contributed by atoms with Crippen molar-refractivity contribution in [1.82, 2.24) is 0 Å². The average Bonchev–Trinajstić information content (AvgIpc) is 2.17. The smallest absolute Gasteiger partial charge is 0.339 e. The van der Waals surface area contributed by atoms with Crippen molar-refractivity contribution in [3.05, 3.63) is 29.1 Å². The molecule has 96 valence electrons. The third kappa shape index (κ3) is 3.29. The minimum absolute atomic E-state index is 0. The molecular formula is C10H14ClFN2O3. The van der Waals surface area contributed by atoms with E-state index in [9.17, 15) is 14.3 Å². The lowest BCUT2D eigenvalue weighted by atomic mass is 9.99. The maximum absolute atomic E-state index is 13.4. The highest BCUT2D eigenvalue weighted by molar-refractivity contribution is 5.91. The molecule has 1 atom stereocenters. The van der Waals surface area contributed by atoms with Crippen LogP contribution in [0.2, 0.25) is 0 Å². The van der Waals surface area contributed by atoms with Gasteiger partial charge in [0.15, 0.2) is 0 Å². The molecule has 0 spiro atoms. The lowest BCUT2D eigenvalue weighted by Crippen LogP contribution is -2.17. The maximum Gasteiger partial charge on any atom is 0.339 e. The summed E-state index contributed by atoms with van der Waals surface area (Å²) >= 11 is 0. The van der Waals surface area contributed by atoms with E-state index in [1.54, 1.807) is 0 Å². The van der Waals surface area contributed by atoms with Crippen LogP contribution in [0.15, 0.2) is 12.1 Å². The van der Waals surface area contributed by atoms with E-state index >= 15 is 0 Å². The second-order valence-electron chi connectivity index (χ2n) is 3.35. The molecule has 0 aliphatic heterocycles. The van der Waals surface area contributed by atoms with Gasteiger partial charge in [0, 0.05) is 11.6 Å². The van der Waals surface area contributed by atoms with Crippen LogP contribution in [-0.2, 0) is 0 Å². The summed E-state index contributed by atoms with van der Waals surface area (Å²) in [5.74, 6) is -2.70. The molecule has 0 heterocycles. The number of nitrogens with two attached hydrogens (primary N) is 2. The van der Waals surface area contributed by atoms with Crippen molar-refractivity contribution in [3.63, 3.8) is 0 Å². The van der Waals surface area contributed by atoms with Gasteiger partial charge in [-0.3, -0.25) is 0 Å². The second kappa shape index (κ2) is 6.39. The summed E-state index contributed by atoms with van der Waals surface area (Å²) in [5.41, 5.74) is 10.3. The van der Waals surface area contributed by atoms with Gasteiger partial charge in [0.05, 0.1) is 0 Å². The summed E-state index contributed by atoms with van der Waals surface area (Å²) in [6, 6.07) is 1.14. The number of carbonyl (C=O) groups is 1. The Bertz CT molecular complexity index is 415. The number of carboxylic acid groups (broad SMARTS) is 1. The highest BCUT2D eigenvalue weighted by Crippen LogP contribution is 2.30. The molecule has 0 fully saturated rings. The van der Waals surface area contributed by atoms with Gasteiger partial charge < -0.3 is 21.7 Å². The Labute approximate surface area is 104 Å². The van der Waals surface area contributed by atoms with E-state index < -0.39 is 23.6 Å². The molecule has 17 heavy (non-hydrogen) atoms. The molecule has 1 aromatic carbocycles. The molecule has 0 saturated carbocycles. The Morgan fingerprint density at radius 2 is 2.06 bits per heavy atom. The van der Waals surface area contributed by atoms with Crippen LogP contribution in [0.5, 0.6) is 5.75 Å². The van der Waals surface area contributed by atoms with E-state index in [1.165, 1.54) is 0 Å². The van der Waals surface area contributed by atoms with Crippen molar-refractivity contribution in [2.45, 2.75) is 12.5 Å². The minimum Gasteiger partial charge on any atom is -0.507 e. The van der Waals surface area contributed by atoms with Crippen molar-refractivity contribution in [2.75, 3.05) is 6.54 Å². The fraction of sp³-hybridized carbons (Fsp3) is 0.300. The lowest BCUT2D eigenvalue weighted by molar-refractivity contribution is 0.0693. The Kier molecular flexibility index (Phi) is 5.87. The van der Waals surface area contributed by atoms with Gasteiger partial charge in [-0.25, -0.2) is 9.18 Å². The molecule has 0 aliphatic carbocycles. The fourth-order valence-corrected chi connectivity index (χ4v) is 1.43. The number of benzene rings is 1. The molecule has 0 aromatic heterocycles. The molecule has 1 aromatic rings. The topological polar surface area (TPSA) is 110 Å². The monoisotopic (exact) mass is 264 g/mol. The predicted octanol–water partition coefficient (Wildman–Crippen LogP) is 1.000. The molecule has 0 radical (unpaired) electrons. The number of rotatable bonds is 4. The van der Waals surface area contributed by atoms with Crippen LogP contribution in [0.3, 0.4) is 0 Å². The molecular weight excluding hydrogens is 251 g/mol. The first-order valence-corrected chi connectivity index (χ1v) is 4.69. The second-order valence-corrected chi connectivity index (χ2v) is 3.35. The van der Waals surface area contributed by atoms with Crippen LogP contribution in [0, 0.1) is 5.82 Å². The quantitative estimate of drug-likeness (QED) is 0.649. The Balaban J connectivity index is 0.00000256. The molecule has 0 aliphatic rings. The van der Waals surface area contributed by atoms with Gasteiger partial charge >= 0.3 is 5.97 Å². The summed E-state index contributed by atoms with van der Waals surface area (Å²) < 4.78 is 13.4. The van der Waals surface area contributed by atoms with E-state index in [0.717, 1.165) is 12.1 Å². The highest BCUT2D eigenvalue weighted by atomic mass is 35.5. The van der Waals surface area contributed by atoms with E-state index in [1.807, 2.05) is 0 Å². The Morgan fingerprint density at radius 3 is 2.53 bits per heavy atom. The van der Waals surface area contributed by atoms with Crippen molar-refractivity contribution in [1.29, 1.82) is 0 Å². The molecule has 1 rings (SSSR count). The van der Waals surface area contributed by atoms with Gasteiger partial charge in [-0.1, -0.05) is 0 Å². The molecule has 0 bridgehead atoms. The van der Waals surface area contributed by atoms with Gasteiger partial charge in [0.1, 0.15) is 17.1 Å². The highest BCUT2D eigenvalue weighted by Gasteiger charge is 2.21. The Morgan fingerprint density at radius 1 is 1.47 bits per heavy atom. The largest absolute Gasteiger partial charge is 0.507 e. The molecule has 6 N–H and O–H groups in total.